The molecule has 110 valence electrons. The molecule has 1 saturated carbocycles. The zero-order valence-electron chi connectivity index (χ0n) is 12.1. The van der Waals surface area contributed by atoms with Crippen LogP contribution in [0.3, 0.4) is 0 Å². The molecule has 3 unspecified atom stereocenters. The summed E-state index contributed by atoms with van der Waals surface area (Å²) in [4.78, 5) is 6.95. The summed E-state index contributed by atoms with van der Waals surface area (Å²) in [7, 11) is 0. The molecule has 3 fully saturated rings. The molecule has 2 saturated heterocycles. The highest BCUT2D eigenvalue weighted by Crippen LogP contribution is 2.45. The van der Waals surface area contributed by atoms with E-state index in [1.54, 1.807) is 0 Å². The van der Waals surface area contributed by atoms with Gasteiger partial charge in [0.25, 0.3) is 0 Å². The minimum absolute atomic E-state index is 0.276. The maximum absolute atomic E-state index is 6.36. The largest absolute Gasteiger partial charge is 0.329 e. The summed E-state index contributed by atoms with van der Waals surface area (Å²) >= 11 is 1.90. The van der Waals surface area contributed by atoms with E-state index in [0.29, 0.717) is 0 Å². The van der Waals surface area contributed by atoms with Crippen LogP contribution in [-0.2, 0) is 6.54 Å². The highest BCUT2D eigenvalue weighted by Gasteiger charge is 2.52. The van der Waals surface area contributed by atoms with Gasteiger partial charge in [0.15, 0.2) is 0 Å². The number of nitrogens with two attached hydrogens (primary N) is 1. The van der Waals surface area contributed by atoms with Gasteiger partial charge in [-0.15, -0.1) is 11.3 Å². The Hall–Kier alpha value is -0.420. The normalized spacial score (nSPS) is 36.7. The number of piperidine rings is 1. The van der Waals surface area contributed by atoms with Crippen molar-refractivity contribution in [3.8, 4) is 0 Å². The molecule has 4 rings (SSSR count). The van der Waals surface area contributed by atoms with E-state index >= 15 is 0 Å². The van der Waals surface area contributed by atoms with Crippen molar-refractivity contribution < 1.29 is 0 Å². The van der Waals surface area contributed by atoms with E-state index in [1.807, 2.05) is 11.3 Å². The fourth-order valence-electron chi connectivity index (χ4n) is 4.40. The van der Waals surface area contributed by atoms with Crippen LogP contribution in [-0.4, -0.2) is 47.6 Å². The first kappa shape index (κ1) is 13.3. The molecule has 1 aliphatic carbocycles. The lowest BCUT2D eigenvalue weighted by molar-refractivity contribution is -0.00424. The molecule has 0 spiro atoms. The Bertz CT molecular complexity index is 456. The summed E-state index contributed by atoms with van der Waals surface area (Å²) in [5, 5.41) is 2.20. The first-order valence-corrected chi connectivity index (χ1v) is 8.91. The van der Waals surface area contributed by atoms with Gasteiger partial charge in [0, 0.05) is 36.1 Å². The van der Waals surface area contributed by atoms with E-state index in [4.69, 9.17) is 5.73 Å². The van der Waals surface area contributed by atoms with E-state index in [2.05, 4.69) is 27.3 Å². The van der Waals surface area contributed by atoms with Crippen molar-refractivity contribution in [2.75, 3.05) is 26.2 Å². The molecule has 2 N–H and O–H groups in total. The molecule has 1 aromatic heterocycles. The van der Waals surface area contributed by atoms with Gasteiger partial charge in [-0.25, -0.2) is 0 Å². The molecule has 3 heterocycles. The number of hydrogen-bond donors (Lipinski definition) is 1. The minimum Gasteiger partial charge on any atom is -0.329 e. The lowest BCUT2D eigenvalue weighted by Crippen LogP contribution is -2.62. The van der Waals surface area contributed by atoms with Crippen LogP contribution in [0.25, 0.3) is 0 Å². The minimum atomic E-state index is 0.276. The van der Waals surface area contributed by atoms with Crippen molar-refractivity contribution in [2.24, 2.45) is 11.7 Å². The molecule has 3 aliphatic rings. The Morgan fingerprint density at radius 2 is 2.25 bits per heavy atom. The Morgan fingerprint density at radius 1 is 1.35 bits per heavy atom. The molecule has 0 aromatic carbocycles. The smallest absolute Gasteiger partial charge is 0.0391 e. The van der Waals surface area contributed by atoms with E-state index in [-0.39, 0.29) is 5.54 Å². The number of fused-ring (bicyclic) bond motifs is 2. The van der Waals surface area contributed by atoms with Gasteiger partial charge in [-0.2, -0.15) is 0 Å². The van der Waals surface area contributed by atoms with Crippen LogP contribution in [0.2, 0.25) is 0 Å². The molecule has 4 heteroatoms. The van der Waals surface area contributed by atoms with Crippen LogP contribution in [0, 0.1) is 5.92 Å². The van der Waals surface area contributed by atoms with Gasteiger partial charge >= 0.3 is 0 Å². The van der Waals surface area contributed by atoms with Crippen molar-refractivity contribution in [3.05, 3.63) is 22.4 Å². The fraction of sp³-hybridized carbons (Fsp3) is 0.750. The zero-order valence-corrected chi connectivity index (χ0v) is 12.9. The Labute approximate surface area is 125 Å². The van der Waals surface area contributed by atoms with Crippen LogP contribution in [0.1, 0.15) is 30.6 Å². The predicted molar refractivity (Wildman–Crippen MR) is 83.8 cm³/mol. The second kappa shape index (κ2) is 5.09. The van der Waals surface area contributed by atoms with E-state index in [9.17, 15) is 0 Å². The molecule has 20 heavy (non-hydrogen) atoms. The van der Waals surface area contributed by atoms with Gasteiger partial charge in [-0.3, -0.25) is 4.90 Å². The van der Waals surface area contributed by atoms with Crippen molar-refractivity contribution in [1.82, 2.24) is 9.80 Å². The Morgan fingerprint density at radius 3 is 2.95 bits per heavy atom. The van der Waals surface area contributed by atoms with Crippen molar-refractivity contribution in [3.63, 3.8) is 0 Å². The number of hydrogen-bond acceptors (Lipinski definition) is 4. The fourth-order valence-corrected chi connectivity index (χ4v) is 5.10. The van der Waals surface area contributed by atoms with Crippen molar-refractivity contribution >= 4 is 11.3 Å². The lowest BCUT2D eigenvalue weighted by atomic mass is 9.77. The molecule has 3 atom stereocenters. The average molecular weight is 291 g/mol. The van der Waals surface area contributed by atoms with Crippen LogP contribution in [0.15, 0.2) is 17.5 Å². The molecule has 2 bridgehead atoms. The molecule has 0 amide bonds. The quantitative estimate of drug-likeness (QED) is 0.902. The molecule has 1 aromatic rings. The van der Waals surface area contributed by atoms with Gasteiger partial charge in [-0.05, 0) is 56.1 Å². The van der Waals surface area contributed by atoms with Crippen LogP contribution >= 0.6 is 11.3 Å². The summed E-state index contributed by atoms with van der Waals surface area (Å²) in [5.74, 6) is 0.793. The molecular formula is C16H25N3S. The summed E-state index contributed by atoms with van der Waals surface area (Å²) in [5.41, 5.74) is 6.64. The van der Waals surface area contributed by atoms with E-state index in [1.165, 1.54) is 50.2 Å². The van der Waals surface area contributed by atoms with Crippen molar-refractivity contribution in [1.29, 1.82) is 0 Å². The van der Waals surface area contributed by atoms with Crippen LogP contribution in [0.5, 0.6) is 0 Å². The third-order valence-electron chi connectivity index (χ3n) is 5.71. The maximum atomic E-state index is 6.36. The first-order valence-electron chi connectivity index (χ1n) is 8.03. The SMILES string of the molecule is NCC1(N(Cc2cccs2)C2CC2)CCN2CCC1C2. The van der Waals surface area contributed by atoms with Gasteiger partial charge in [0.2, 0.25) is 0 Å². The van der Waals surface area contributed by atoms with Gasteiger partial charge < -0.3 is 10.6 Å². The standard InChI is InChI=1S/C16H25N3S/c17-12-16(6-8-18-7-5-13(16)10-18)19(14-3-4-14)11-15-2-1-9-20-15/h1-2,9,13-14H,3-8,10-12,17H2. The summed E-state index contributed by atoms with van der Waals surface area (Å²) in [6, 6.07) is 5.26. The highest BCUT2D eigenvalue weighted by atomic mass is 32.1. The summed E-state index contributed by atoms with van der Waals surface area (Å²) in [6.07, 6.45) is 5.38. The summed E-state index contributed by atoms with van der Waals surface area (Å²) in [6.45, 7) is 5.79. The monoisotopic (exact) mass is 291 g/mol. The lowest BCUT2D eigenvalue weighted by Gasteiger charge is -2.50. The third kappa shape index (κ3) is 2.13. The van der Waals surface area contributed by atoms with Crippen molar-refractivity contribution in [2.45, 2.75) is 43.8 Å². The highest BCUT2D eigenvalue weighted by molar-refractivity contribution is 7.09. The second-order valence-electron chi connectivity index (χ2n) is 6.78. The summed E-state index contributed by atoms with van der Waals surface area (Å²) < 4.78 is 0. The van der Waals surface area contributed by atoms with Crippen LogP contribution < -0.4 is 5.73 Å². The topological polar surface area (TPSA) is 32.5 Å². The van der Waals surface area contributed by atoms with Crippen LogP contribution in [0.4, 0.5) is 0 Å². The first-order chi connectivity index (χ1) is 9.82. The Balaban J connectivity index is 1.62. The predicted octanol–water partition coefficient (Wildman–Crippen LogP) is 2.14. The molecule has 0 radical (unpaired) electrons. The molecular weight excluding hydrogens is 266 g/mol. The molecule has 2 aliphatic heterocycles. The Kier molecular flexibility index (Phi) is 3.38. The zero-order chi connectivity index (χ0) is 13.6. The third-order valence-corrected chi connectivity index (χ3v) is 6.57. The maximum Gasteiger partial charge on any atom is 0.0391 e. The van der Waals surface area contributed by atoms with E-state index < -0.39 is 0 Å². The number of rotatable bonds is 5. The number of thiophene rings is 1. The van der Waals surface area contributed by atoms with Gasteiger partial charge in [0.1, 0.15) is 0 Å². The number of nitrogens with zero attached hydrogens (tertiary/aromatic N) is 2. The molecule has 3 nitrogen and oxygen atoms in total. The van der Waals surface area contributed by atoms with E-state index in [0.717, 1.165) is 25.0 Å². The van der Waals surface area contributed by atoms with Gasteiger partial charge in [0.05, 0.1) is 0 Å². The average Bonchev–Trinajstić information content (AvgIpc) is 3.03. The van der Waals surface area contributed by atoms with Gasteiger partial charge in [-0.1, -0.05) is 6.07 Å². The second-order valence-corrected chi connectivity index (χ2v) is 7.81.